The second-order valence-electron chi connectivity index (χ2n) is 8.07. The predicted molar refractivity (Wildman–Crippen MR) is 121 cm³/mol. The molecule has 7 nitrogen and oxygen atoms in total. The van der Waals surface area contributed by atoms with Crippen molar-refractivity contribution in [3.63, 3.8) is 0 Å². The minimum atomic E-state index is -0.217. The molecule has 31 heavy (non-hydrogen) atoms. The average molecular weight is 418 g/mol. The van der Waals surface area contributed by atoms with Crippen molar-refractivity contribution in [3.8, 4) is 6.07 Å². The Morgan fingerprint density at radius 1 is 1.42 bits per heavy atom. The topological polar surface area (TPSA) is 90.1 Å². The van der Waals surface area contributed by atoms with Gasteiger partial charge in [0, 0.05) is 49.3 Å². The summed E-state index contributed by atoms with van der Waals surface area (Å²) in [6.45, 7) is 9.86. The Labute approximate surface area is 182 Å². The molecule has 0 spiro atoms. The summed E-state index contributed by atoms with van der Waals surface area (Å²) in [7, 11) is 0. The molecule has 1 atom stereocenters. The van der Waals surface area contributed by atoms with Crippen LogP contribution in [0.25, 0.3) is 0 Å². The van der Waals surface area contributed by atoms with Crippen molar-refractivity contribution >= 4 is 23.0 Å². The molecule has 1 N–H and O–H groups in total. The smallest absolute Gasteiger partial charge is 0.266 e. The number of ether oxygens (including phenoxy) is 1. The van der Waals surface area contributed by atoms with Crippen LogP contribution in [0.1, 0.15) is 37.8 Å². The van der Waals surface area contributed by atoms with Crippen molar-refractivity contribution in [2.45, 2.75) is 39.2 Å². The molecule has 1 amide bonds. The van der Waals surface area contributed by atoms with Crippen LogP contribution in [0, 0.1) is 17.2 Å². The van der Waals surface area contributed by atoms with Crippen LogP contribution in [0.3, 0.4) is 0 Å². The molecule has 0 unspecified atom stereocenters. The van der Waals surface area contributed by atoms with E-state index in [9.17, 15) is 10.1 Å². The van der Waals surface area contributed by atoms with E-state index >= 15 is 0 Å². The maximum atomic E-state index is 13.0. The largest absolute Gasteiger partial charge is 0.381 e. The molecule has 7 heteroatoms. The third-order valence-electron chi connectivity index (χ3n) is 6.17. The molecule has 3 aliphatic heterocycles. The van der Waals surface area contributed by atoms with E-state index in [1.807, 2.05) is 32.0 Å². The van der Waals surface area contributed by atoms with E-state index in [1.165, 1.54) is 6.20 Å². The van der Waals surface area contributed by atoms with Gasteiger partial charge in [-0.15, -0.1) is 0 Å². The van der Waals surface area contributed by atoms with Gasteiger partial charge in [0.15, 0.2) is 0 Å². The van der Waals surface area contributed by atoms with Gasteiger partial charge in [0.05, 0.1) is 17.3 Å². The molecule has 0 aromatic heterocycles. The van der Waals surface area contributed by atoms with Crippen LogP contribution < -0.4 is 10.2 Å². The molecule has 3 heterocycles. The lowest BCUT2D eigenvalue weighted by molar-refractivity contribution is -0.116. The van der Waals surface area contributed by atoms with Crippen LogP contribution in [0.4, 0.5) is 5.69 Å². The zero-order valence-corrected chi connectivity index (χ0v) is 18.0. The van der Waals surface area contributed by atoms with Gasteiger partial charge in [-0.2, -0.15) is 5.26 Å². The van der Waals surface area contributed by atoms with Crippen molar-refractivity contribution in [3.05, 3.63) is 53.5 Å². The number of benzene rings is 1. The third kappa shape index (κ3) is 4.04. The third-order valence-corrected chi connectivity index (χ3v) is 6.17. The van der Waals surface area contributed by atoms with E-state index in [1.54, 1.807) is 0 Å². The van der Waals surface area contributed by atoms with Gasteiger partial charge < -0.3 is 15.0 Å². The van der Waals surface area contributed by atoms with Crippen molar-refractivity contribution in [2.24, 2.45) is 15.9 Å². The van der Waals surface area contributed by atoms with Gasteiger partial charge >= 0.3 is 0 Å². The molecule has 1 saturated heterocycles. The summed E-state index contributed by atoms with van der Waals surface area (Å²) >= 11 is 0. The Morgan fingerprint density at radius 3 is 2.90 bits per heavy atom. The van der Waals surface area contributed by atoms with Crippen LogP contribution in [0.2, 0.25) is 0 Å². The fourth-order valence-corrected chi connectivity index (χ4v) is 4.44. The van der Waals surface area contributed by atoms with E-state index < -0.39 is 0 Å². The van der Waals surface area contributed by atoms with Gasteiger partial charge in [-0.1, -0.05) is 13.5 Å². The Morgan fingerprint density at radius 2 is 2.19 bits per heavy atom. The number of rotatable bonds is 4. The first kappa shape index (κ1) is 21.0. The number of anilines is 1. The molecule has 1 aromatic rings. The number of hydrogen-bond donors (Lipinski definition) is 1. The van der Waals surface area contributed by atoms with Crippen molar-refractivity contribution < 1.29 is 9.53 Å². The molecule has 3 aliphatic rings. The SMILES string of the molecule is C=CN=C1/C(=C(\C)N2CCc3cc(C#N)ccc32)N=C(C(=O)NC2CCOCC2)[C@@H]1C. The van der Waals surface area contributed by atoms with Crippen LogP contribution >= 0.6 is 0 Å². The molecule has 0 aliphatic carbocycles. The number of amides is 1. The number of carbonyl (C=O) groups is 1. The Kier molecular flexibility index (Phi) is 6.01. The number of nitrogens with one attached hydrogen (secondary N) is 1. The normalized spacial score (nSPS) is 23.9. The maximum absolute atomic E-state index is 13.0. The summed E-state index contributed by atoms with van der Waals surface area (Å²) < 4.78 is 5.38. The summed E-state index contributed by atoms with van der Waals surface area (Å²) in [5.41, 5.74) is 5.80. The van der Waals surface area contributed by atoms with Crippen molar-refractivity contribution in [2.75, 3.05) is 24.7 Å². The van der Waals surface area contributed by atoms with E-state index in [2.05, 4.69) is 27.9 Å². The standard InChI is InChI=1S/C24H27N5O2/c1-4-26-21-15(2)22(24(30)27-19-8-11-31-12-9-19)28-23(21)16(3)29-10-7-18-13-17(14-25)5-6-20(18)29/h4-6,13,15,19H,1,7-12H2,2-3H3,(H,27,30)/b23-16-,26-21?/t15-/m1/s1. The lowest BCUT2D eigenvalue weighted by Crippen LogP contribution is -2.43. The average Bonchev–Trinajstić information content (AvgIpc) is 3.35. The first-order valence-corrected chi connectivity index (χ1v) is 10.7. The first-order chi connectivity index (χ1) is 15.0. The van der Waals surface area contributed by atoms with Crippen molar-refractivity contribution in [1.29, 1.82) is 5.26 Å². The maximum Gasteiger partial charge on any atom is 0.266 e. The number of carbonyl (C=O) groups excluding carboxylic acids is 1. The second-order valence-corrected chi connectivity index (χ2v) is 8.07. The quantitative estimate of drug-likeness (QED) is 0.815. The monoisotopic (exact) mass is 417 g/mol. The summed E-state index contributed by atoms with van der Waals surface area (Å²) in [4.78, 5) is 24.4. The first-order valence-electron chi connectivity index (χ1n) is 10.7. The van der Waals surface area contributed by atoms with Gasteiger partial charge in [-0.3, -0.25) is 9.79 Å². The highest BCUT2D eigenvalue weighted by Crippen LogP contribution is 2.35. The van der Waals surface area contributed by atoms with Gasteiger partial charge in [0.25, 0.3) is 5.91 Å². The van der Waals surface area contributed by atoms with E-state index in [0.717, 1.165) is 54.2 Å². The van der Waals surface area contributed by atoms with Crippen LogP contribution in [0.15, 0.2) is 52.4 Å². The zero-order chi connectivity index (χ0) is 22.0. The zero-order valence-electron chi connectivity index (χ0n) is 18.0. The summed E-state index contributed by atoms with van der Waals surface area (Å²) in [5.74, 6) is -0.356. The molecule has 1 aromatic carbocycles. The molecular formula is C24H27N5O2. The predicted octanol–water partition coefficient (Wildman–Crippen LogP) is 3.12. The molecule has 160 valence electrons. The minimum absolute atomic E-state index is 0.116. The minimum Gasteiger partial charge on any atom is -0.381 e. The summed E-state index contributed by atoms with van der Waals surface area (Å²) in [6.07, 6.45) is 4.00. The highest BCUT2D eigenvalue weighted by atomic mass is 16.5. The van der Waals surface area contributed by atoms with E-state index in [4.69, 9.17) is 9.73 Å². The number of fused-ring (bicyclic) bond motifs is 1. The Hall–Kier alpha value is -3.24. The number of aliphatic imine (C=N–C) groups is 2. The molecular weight excluding hydrogens is 390 g/mol. The van der Waals surface area contributed by atoms with Gasteiger partial charge in [-0.05, 0) is 49.9 Å². The van der Waals surface area contributed by atoms with Crippen LogP contribution in [-0.2, 0) is 16.0 Å². The van der Waals surface area contributed by atoms with Gasteiger partial charge in [0.2, 0.25) is 0 Å². The molecule has 0 radical (unpaired) electrons. The number of nitrogens with zero attached hydrogens (tertiary/aromatic N) is 4. The number of nitriles is 1. The summed E-state index contributed by atoms with van der Waals surface area (Å²) in [5, 5.41) is 12.3. The molecule has 4 rings (SSSR count). The second kappa shape index (κ2) is 8.86. The summed E-state index contributed by atoms with van der Waals surface area (Å²) in [6, 6.07) is 8.08. The highest BCUT2D eigenvalue weighted by molar-refractivity contribution is 6.47. The molecule has 0 saturated carbocycles. The van der Waals surface area contributed by atoms with E-state index in [-0.39, 0.29) is 17.9 Å². The van der Waals surface area contributed by atoms with Crippen molar-refractivity contribution in [1.82, 2.24) is 5.32 Å². The fourth-order valence-electron chi connectivity index (χ4n) is 4.44. The van der Waals surface area contributed by atoms with E-state index in [0.29, 0.717) is 24.5 Å². The molecule has 1 fully saturated rings. The molecule has 0 bridgehead atoms. The lowest BCUT2D eigenvalue weighted by Gasteiger charge is -2.23. The highest BCUT2D eigenvalue weighted by Gasteiger charge is 2.36. The Bertz CT molecular complexity index is 1040. The lowest BCUT2D eigenvalue weighted by atomic mass is 9.99. The number of hydrogen-bond acceptors (Lipinski definition) is 6. The fraction of sp³-hybridized carbons (Fsp3) is 0.417. The Balaban J connectivity index is 1.66. The number of allylic oxidation sites excluding steroid dienone is 2. The van der Waals surface area contributed by atoms with Crippen LogP contribution in [0.5, 0.6) is 0 Å². The van der Waals surface area contributed by atoms with Crippen LogP contribution in [-0.4, -0.2) is 43.1 Å². The van der Waals surface area contributed by atoms with Gasteiger partial charge in [0.1, 0.15) is 11.4 Å². The van der Waals surface area contributed by atoms with Gasteiger partial charge in [-0.25, -0.2) is 4.99 Å².